The first kappa shape index (κ1) is 21.1. The van der Waals surface area contributed by atoms with Crippen molar-refractivity contribution in [2.24, 2.45) is 11.3 Å². The Balaban J connectivity index is 1.90. The van der Waals surface area contributed by atoms with Crippen LogP contribution in [0.2, 0.25) is 0 Å². The summed E-state index contributed by atoms with van der Waals surface area (Å²) in [6.07, 6.45) is 2.41. The molecule has 0 bridgehead atoms. The molecule has 1 aromatic carbocycles. The van der Waals surface area contributed by atoms with Crippen molar-refractivity contribution < 1.29 is 29.2 Å². The van der Waals surface area contributed by atoms with E-state index in [0.717, 1.165) is 5.56 Å². The summed E-state index contributed by atoms with van der Waals surface area (Å²) < 4.78 is 22.5. The lowest BCUT2D eigenvalue weighted by atomic mass is 9.60. The zero-order valence-electron chi connectivity index (χ0n) is 17.2. The van der Waals surface area contributed by atoms with Crippen LogP contribution in [0, 0.1) is 11.3 Å². The highest BCUT2D eigenvalue weighted by molar-refractivity contribution is 5.43. The van der Waals surface area contributed by atoms with E-state index in [0.29, 0.717) is 30.8 Å². The van der Waals surface area contributed by atoms with Gasteiger partial charge < -0.3 is 29.2 Å². The molecule has 1 saturated heterocycles. The van der Waals surface area contributed by atoms with Gasteiger partial charge in [0.2, 0.25) is 0 Å². The van der Waals surface area contributed by atoms with Gasteiger partial charge in [-0.1, -0.05) is 19.1 Å². The summed E-state index contributed by atoms with van der Waals surface area (Å²) >= 11 is 0. The Morgan fingerprint density at radius 3 is 2.54 bits per heavy atom. The number of rotatable bonds is 7. The van der Waals surface area contributed by atoms with E-state index in [2.05, 4.69) is 13.5 Å². The van der Waals surface area contributed by atoms with Gasteiger partial charge in [-0.25, -0.2) is 0 Å². The van der Waals surface area contributed by atoms with Gasteiger partial charge in [0.15, 0.2) is 17.3 Å². The van der Waals surface area contributed by atoms with Crippen molar-refractivity contribution in [2.75, 3.05) is 21.3 Å². The molecule has 0 aromatic heterocycles. The third kappa shape index (κ3) is 3.32. The average Bonchev–Trinajstić information content (AvgIpc) is 2.88. The first-order valence-electron chi connectivity index (χ1n) is 9.77. The van der Waals surface area contributed by atoms with Gasteiger partial charge in [-0.3, -0.25) is 0 Å². The number of ether oxygens (including phenoxy) is 4. The fraction of sp³-hybridized carbons (Fsp3) is 0.636. The molecule has 0 spiro atoms. The minimum Gasteiger partial charge on any atom is -0.493 e. The lowest BCUT2D eigenvalue weighted by Gasteiger charge is -2.50. The Kier molecular flexibility index (Phi) is 6.05. The zero-order valence-corrected chi connectivity index (χ0v) is 17.2. The molecule has 6 nitrogen and oxygen atoms in total. The molecule has 1 saturated carbocycles. The maximum Gasteiger partial charge on any atom is 0.174 e. The summed E-state index contributed by atoms with van der Waals surface area (Å²) in [6.45, 7) is 6.00. The van der Waals surface area contributed by atoms with Gasteiger partial charge in [0.1, 0.15) is 0 Å². The van der Waals surface area contributed by atoms with Crippen LogP contribution in [-0.4, -0.2) is 55.6 Å². The Labute approximate surface area is 167 Å². The summed E-state index contributed by atoms with van der Waals surface area (Å²) in [5, 5.41) is 21.9. The lowest BCUT2D eigenvalue weighted by molar-refractivity contribution is -0.286. The number of aliphatic hydroxyl groups excluding tert-OH is 1. The van der Waals surface area contributed by atoms with Crippen molar-refractivity contribution in [3.05, 3.63) is 36.4 Å². The molecular weight excluding hydrogens is 360 g/mol. The molecule has 1 aliphatic carbocycles. The summed E-state index contributed by atoms with van der Waals surface area (Å²) in [7, 11) is 4.82. The molecular formula is C22H32O6. The highest BCUT2D eigenvalue weighted by atomic mass is 16.6. The molecule has 2 fully saturated rings. The number of hydrogen-bond donors (Lipinski definition) is 2. The largest absolute Gasteiger partial charge is 0.493 e. The van der Waals surface area contributed by atoms with E-state index in [9.17, 15) is 10.2 Å². The second kappa shape index (κ2) is 8.03. The van der Waals surface area contributed by atoms with E-state index in [-0.39, 0.29) is 24.5 Å². The highest BCUT2D eigenvalue weighted by Gasteiger charge is 2.66. The second-order valence-electron chi connectivity index (χ2n) is 8.02. The predicted octanol–water partition coefficient (Wildman–Crippen LogP) is 2.70. The van der Waals surface area contributed by atoms with E-state index >= 15 is 0 Å². The van der Waals surface area contributed by atoms with Crippen LogP contribution >= 0.6 is 0 Å². The van der Waals surface area contributed by atoms with Gasteiger partial charge >= 0.3 is 0 Å². The van der Waals surface area contributed by atoms with Crippen molar-refractivity contribution in [2.45, 2.75) is 56.7 Å². The zero-order chi connectivity index (χ0) is 20.5. The molecule has 28 heavy (non-hydrogen) atoms. The minimum absolute atomic E-state index is 0.0498. The molecule has 2 aliphatic rings. The monoisotopic (exact) mass is 392 g/mol. The van der Waals surface area contributed by atoms with Gasteiger partial charge in [0.05, 0.1) is 32.5 Å². The molecule has 0 unspecified atom stereocenters. The minimum atomic E-state index is -1.41. The number of methoxy groups -OCH3 is 3. The van der Waals surface area contributed by atoms with Crippen LogP contribution in [-0.2, 0) is 15.9 Å². The molecule has 6 heteroatoms. The molecule has 1 heterocycles. The molecule has 2 N–H and O–H groups in total. The highest BCUT2D eigenvalue weighted by Crippen LogP contribution is 2.60. The molecule has 6 atom stereocenters. The first-order chi connectivity index (χ1) is 13.3. The summed E-state index contributed by atoms with van der Waals surface area (Å²) in [5.41, 5.74) is 0.491. The van der Waals surface area contributed by atoms with Crippen LogP contribution in [0.3, 0.4) is 0 Å². The Morgan fingerprint density at radius 2 is 1.93 bits per heavy atom. The van der Waals surface area contributed by atoms with E-state index < -0.39 is 17.3 Å². The van der Waals surface area contributed by atoms with Crippen molar-refractivity contribution in [3.63, 3.8) is 0 Å². The third-order valence-corrected chi connectivity index (χ3v) is 6.73. The lowest BCUT2D eigenvalue weighted by Crippen LogP contribution is -2.58. The maximum absolute atomic E-state index is 11.4. The topological polar surface area (TPSA) is 77.4 Å². The van der Waals surface area contributed by atoms with E-state index in [1.807, 2.05) is 24.3 Å². The number of allylic oxidation sites excluding steroid dienone is 1. The van der Waals surface area contributed by atoms with Crippen LogP contribution in [0.25, 0.3) is 0 Å². The van der Waals surface area contributed by atoms with E-state index in [4.69, 9.17) is 18.9 Å². The number of fused-ring (bicyclic) bond motifs is 1. The number of aliphatic hydroxyl groups is 2. The van der Waals surface area contributed by atoms with Gasteiger partial charge in [-0.15, -0.1) is 6.58 Å². The van der Waals surface area contributed by atoms with Gasteiger partial charge in [-0.2, -0.15) is 0 Å². The van der Waals surface area contributed by atoms with Gasteiger partial charge in [-0.05, 0) is 42.9 Å². The van der Waals surface area contributed by atoms with Gasteiger partial charge in [0.25, 0.3) is 0 Å². The average molecular weight is 392 g/mol. The standard InChI is InChI=1S/C22H32O6/c1-6-9-21-13-20(27-5)16(23)12-22(21,24)28-18(14(21)2)10-15-7-8-17(25-3)19(11-15)26-4/h6-8,11,14,16,18,20,23-24H,1,9-10,12-13H2,2-5H3/t14-,16-,18+,20-,21-,22+/m1/s1. The van der Waals surface area contributed by atoms with Crippen LogP contribution in [0.4, 0.5) is 0 Å². The first-order valence-corrected chi connectivity index (χ1v) is 9.77. The molecule has 0 amide bonds. The van der Waals surface area contributed by atoms with Crippen LogP contribution < -0.4 is 9.47 Å². The second-order valence-corrected chi connectivity index (χ2v) is 8.02. The Bertz CT molecular complexity index is 706. The fourth-order valence-corrected chi connectivity index (χ4v) is 5.07. The smallest absolute Gasteiger partial charge is 0.174 e. The number of hydrogen-bond acceptors (Lipinski definition) is 6. The Hall–Kier alpha value is -1.60. The number of benzene rings is 1. The molecule has 156 valence electrons. The van der Waals surface area contributed by atoms with Crippen molar-refractivity contribution in [1.29, 1.82) is 0 Å². The van der Waals surface area contributed by atoms with Crippen LogP contribution in [0.1, 0.15) is 31.7 Å². The molecule has 3 rings (SSSR count). The SMILES string of the molecule is C=CC[C@]12C[C@@H](OC)[C@H](O)C[C@]1(O)O[C@@H](Cc1ccc(OC)c(OC)c1)[C@H]2C. The van der Waals surface area contributed by atoms with Crippen LogP contribution in [0.5, 0.6) is 11.5 Å². The van der Waals surface area contributed by atoms with Crippen molar-refractivity contribution >= 4 is 0 Å². The summed E-state index contributed by atoms with van der Waals surface area (Å²) in [4.78, 5) is 0. The fourth-order valence-electron chi connectivity index (χ4n) is 5.07. The predicted molar refractivity (Wildman–Crippen MR) is 106 cm³/mol. The van der Waals surface area contributed by atoms with Gasteiger partial charge in [0, 0.05) is 18.9 Å². The van der Waals surface area contributed by atoms with Crippen molar-refractivity contribution in [3.8, 4) is 11.5 Å². The molecule has 1 aromatic rings. The van der Waals surface area contributed by atoms with Crippen LogP contribution in [0.15, 0.2) is 30.9 Å². The summed E-state index contributed by atoms with van der Waals surface area (Å²) in [6, 6.07) is 5.80. The maximum atomic E-state index is 11.4. The van der Waals surface area contributed by atoms with Crippen molar-refractivity contribution in [1.82, 2.24) is 0 Å². The normalized spacial score (nSPS) is 37.4. The Morgan fingerprint density at radius 1 is 1.21 bits per heavy atom. The molecule has 1 aliphatic heterocycles. The summed E-state index contributed by atoms with van der Waals surface area (Å²) in [5.74, 6) is -0.0182. The van der Waals surface area contributed by atoms with E-state index in [1.165, 1.54) is 0 Å². The van der Waals surface area contributed by atoms with E-state index in [1.54, 1.807) is 21.3 Å². The molecule has 0 radical (unpaired) electrons. The third-order valence-electron chi connectivity index (χ3n) is 6.73. The quantitative estimate of drug-likeness (QED) is 0.695.